The highest BCUT2D eigenvalue weighted by Crippen LogP contribution is 2.45. The molecule has 3 aliphatic rings. The summed E-state index contributed by atoms with van der Waals surface area (Å²) in [5.41, 5.74) is 0. The highest BCUT2D eigenvalue weighted by atomic mass is 28.3. The summed E-state index contributed by atoms with van der Waals surface area (Å²) in [5, 5.41) is 22.5. The fourth-order valence-corrected chi connectivity index (χ4v) is 9.12. The van der Waals surface area contributed by atoms with Crippen molar-refractivity contribution >= 4 is 61.4 Å². The number of carbonyl (C=O) groups excluding carboxylic acids is 8. The summed E-state index contributed by atoms with van der Waals surface area (Å²) in [6.07, 6.45) is 5.43. The number of fused-ring (bicyclic) bond motifs is 5. The van der Waals surface area contributed by atoms with Crippen LogP contribution in [0.15, 0.2) is 12.2 Å². The van der Waals surface area contributed by atoms with Crippen molar-refractivity contribution in [1.82, 2.24) is 31.5 Å². The van der Waals surface area contributed by atoms with Crippen molar-refractivity contribution in [3.63, 3.8) is 0 Å². The van der Waals surface area contributed by atoms with Crippen LogP contribution in [0.25, 0.3) is 0 Å². The molecule has 0 spiro atoms. The van der Waals surface area contributed by atoms with Gasteiger partial charge in [-0.15, -0.1) is 0 Å². The Hall–Kier alpha value is -5.01. The van der Waals surface area contributed by atoms with Crippen LogP contribution < -0.4 is 26.6 Å². The maximum absolute atomic E-state index is 13.3. The van der Waals surface area contributed by atoms with Crippen LogP contribution in [0.4, 0.5) is 0 Å². The summed E-state index contributed by atoms with van der Waals surface area (Å²) in [4.78, 5) is 113. The molecule has 3 rings (SSSR count). The lowest BCUT2D eigenvalue weighted by Crippen LogP contribution is -2.47. The Morgan fingerprint density at radius 1 is 0.494 bits per heavy atom. The third kappa shape index (κ3) is 34.5. The number of hydrogen-bond acceptors (Lipinski definition) is 20. The number of rotatable bonds is 54. The second kappa shape index (κ2) is 44.5. The maximum atomic E-state index is 13.3. The van der Waals surface area contributed by atoms with Gasteiger partial charge in [0.15, 0.2) is 0 Å². The quantitative estimate of drug-likeness (QED) is 0.0157. The molecule has 0 aromatic carbocycles. The Morgan fingerprint density at radius 3 is 1.37 bits per heavy atom. The molecule has 474 valence electrons. The minimum Gasteiger partial charge on any atom is -0.481 e. The molecule has 28 heteroatoms. The van der Waals surface area contributed by atoms with Gasteiger partial charge in [0.05, 0.1) is 156 Å². The number of nitrogens with one attached hydrogen (secondary N) is 5. The summed E-state index contributed by atoms with van der Waals surface area (Å²) in [5.74, 6) is -4.15. The summed E-state index contributed by atoms with van der Waals surface area (Å²) in [6.45, 7) is 13.7. The van der Waals surface area contributed by atoms with Crippen molar-refractivity contribution in [1.29, 1.82) is 0 Å². The molecule has 1 unspecified atom stereocenters. The Bertz CT molecular complexity index is 1930. The number of carboxylic acids is 1. The van der Waals surface area contributed by atoms with E-state index in [1.807, 2.05) is 12.2 Å². The Balaban J connectivity index is 1.09. The molecule has 27 nitrogen and oxygen atoms in total. The minimum atomic E-state index is -1.35. The van der Waals surface area contributed by atoms with Crippen molar-refractivity contribution in [2.24, 2.45) is 11.8 Å². The van der Waals surface area contributed by atoms with Crippen molar-refractivity contribution < 1.29 is 100 Å². The van der Waals surface area contributed by atoms with Crippen LogP contribution in [0.1, 0.15) is 70.6 Å². The topological polar surface area (TPSA) is 339 Å². The molecule has 2 bridgehead atoms. The normalized spacial score (nSPS) is 17.4. The van der Waals surface area contributed by atoms with Gasteiger partial charge in [-0.05, 0) is 38.1 Å². The Kier molecular flexibility index (Phi) is 38.7. The van der Waals surface area contributed by atoms with Gasteiger partial charge in [-0.3, -0.25) is 48.1 Å². The van der Waals surface area contributed by atoms with Gasteiger partial charge in [-0.2, -0.15) is 0 Å². The zero-order chi connectivity index (χ0) is 60.3. The molecule has 7 amide bonds. The summed E-state index contributed by atoms with van der Waals surface area (Å²) in [6, 6.07) is -0.00637. The molecular formula is C55H94N6O21Si. The smallest absolute Gasteiger partial charge is 0.305 e. The second-order valence-electron chi connectivity index (χ2n) is 20.9. The van der Waals surface area contributed by atoms with E-state index in [1.165, 1.54) is 4.90 Å². The monoisotopic (exact) mass is 1200 g/mol. The van der Waals surface area contributed by atoms with Crippen LogP contribution in [-0.2, 0) is 95.3 Å². The van der Waals surface area contributed by atoms with E-state index in [2.05, 4.69) is 46.2 Å². The first-order valence-electron chi connectivity index (χ1n) is 29.2. The maximum Gasteiger partial charge on any atom is 0.305 e. The van der Waals surface area contributed by atoms with Crippen molar-refractivity contribution in [3.05, 3.63) is 12.2 Å². The number of imide groups is 1. The molecule has 83 heavy (non-hydrogen) atoms. The molecule has 3 aliphatic heterocycles. The van der Waals surface area contributed by atoms with E-state index in [9.17, 15) is 43.2 Å². The van der Waals surface area contributed by atoms with Crippen molar-refractivity contribution in [2.75, 3.05) is 158 Å². The van der Waals surface area contributed by atoms with Crippen LogP contribution >= 0.6 is 0 Å². The first-order valence-corrected chi connectivity index (χ1v) is 32.9. The van der Waals surface area contributed by atoms with Crippen LogP contribution in [0.3, 0.4) is 0 Å². The summed E-state index contributed by atoms with van der Waals surface area (Å²) < 4.78 is 59.6. The number of esters is 1. The first-order chi connectivity index (χ1) is 40.1. The molecule has 0 aliphatic carbocycles. The molecule has 0 radical (unpaired) electrons. The molecule has 2 saturated heterocycles. The van der Waals surface area contributed by atoms with Crippen LogP contribution in [0.5, 0.6) is 0 Å². The van der Waals surface area contributed by atoms with E-state index in [-0.39, 0.29) is 127 Å². The van der Waals surface area contributed by atoms with Crippen LogP contribution in [0.2, 0.25) is 25.7 Å². The Morgan fingerprint density at radius 2 is 0.916 bits per heavy atom. The SMILES string of the molecule is C[Si](C)(C)CCOC(=O)CCCNC(=O)[C@H](CCCCNC(=O)CCOCCOCCOCCNC(=O)CCOCCOCCOCCC(=O)NCCOCCOCCOCCC(=O)O)NC(=O)CCCN1C(=O)C2[C@@H](C1=O)[C@@H]1C=C[C@H]2O1. The van der Waals surface area contributed by atoms with Crippen molar-refractivity contribution in [3.8, 4) is 0 Å². The highest BCUT2D eigenvalue weighted by molar-refractivity contribution is 6.76. The van der Waals surface area contributed by atoms with Gasteiger partial charge in [0.2, 0.25) is 41.4 Å². The first kappa shape index (κ1) is 72.2. The summed E-state index contributed by atoms with van der Waals surface area (Å²) >= 11 is 0. The average Bonchev–Trinajstić information content (AvgIpc) is 1.90. The van der Waals surface area contributed by atoms with Gasteiger partial charge >= 0.3 is 11.9 Å². The molecular weight excluding hydrogens is 1110 g/mol. The fourth-order valence-electron chi connectivity index (χ4n) is 8.40. The largest absolute Gasteiger partial charge is 0.481 e. The van der Waals surface area contributed by atoms with Crippen LogP contribution in [-0.4, -0.2) is 248 Å². The number of amides is 7. The third-order valence-corrected chi connectivity index (χ3v) is 14.6. The van der Waals surface area contributed by atoms with Crippen LogP contribution in [0, 0.1) is 11.8 Å². The lowest BCUT2D eigenvalue weighted by atomic mass is 9.85. The van der Waals surface area contributed by atoms with Gasteiger partial charge < -0.3 is 83.8 Å². The zero-order valence-electron chi connectivity index (χ0n) is 49.1. The van der Waals surface area contributed by atoms with E-state index < -0.39 is 55.9 Å². The second-order valence-corrected chi connectivity index (χ2v) is 26.6. The van der Waals surface area contributed by atoms with E-state index in [4.69, 9.17) is 57.2 Å². The number of carboxylic acid groups (broad SMARTS) is 1. The molecule has 3 heterocycles. The molecule has 6 N–H and O–H groups in total. The number of aliphatic carboxylic acids is 1. The minimum absolute atomic E-state index is 0.00455. The lowest BCUT2D eigenvalue weighted by Gasteiger charge is -2.20. The van der Waals surface area contributed by atoms with Gasteiger partial charge in [0.1, 0.15) is 6.04 Å². The van der Waals surface area contributed by atoms with E-state index in [0.29, 0.717) is 138 Å². The van der Waals surface area contributed by atoms with Gasteiger partial charge in [-0.1, -0.05) is 31.8 Å². The number of ether oxygens (including phenoxy) is 11. The summed E-state index contributed by atoms with van der Waals surface area (Å²) in [7, 11) is -1.35. The van der Waals surface area contributed by atoms with E-state index >= 15 is 0 Å². The molecule has 0 aromatic heterocycles. The Labute approximate surface area is 488 Å². The molecule has 0 aromatic rings. The van der Waals surface area contributed by atoms with E-state index in [1.54, 1.807) is 0 Å². The lowest BCUT2D eigenvalue weighted by molar-refractivity contribution is -0.144. The molecule has 5 atom stereocenters. The molecule has 0 saturated carbocycles. The number of likely N-dealkylation sites (tertiary alicyclic amines) is 1. The highest BCUT2D eigenvalue weighted by Gasteiger charge is 2.60. The standard InChI is InChI=1S/C55H94N6O21Si/c1-83(2,3)41-40-81-50(68)10-6-18-59-53(69)42(60-48(65)9-7-21-61-54(70)51-43-11-12-44(82-43)52(51)55(61)71)8-4-5-17-56-45(62)13-22-72-30-36-79-38-32-76-26-19-57-46(63)14-23-73-28-34-78-35-29-74-24-15-47(64)58-20-27-77-33-39-80-37-31-75-25-16-49(66)67/h11-12,42-44,51-52H,4-10,13-41H2,1-3H3,(H,56,62)(H,57,63)(H,58,64)(H,59,69)(H,60,65)(H,66,67)/t42-,43-,44+,51-,52?/m0/s1. The van der Waals surface area contributed by atoms with Gasteiger partial charge in [0, 0.05) is 72.9 Å². The zero-order valence-corrected chi connectivity index (χ0v) is 50.1. The molecule has 2 fully saturated rings. The van der Waals surface area contributed by atoms with Gasteiger partial charge in [0.25, 0.3) is 0 Å². The number of nitrogens with zero attached hydrogens (tertiary/aromatic N) is 1. The number of unbranched alkanes of at least 4 members (excludes halogenated alkanes) is 1. The average molecular weight is 1200 g/mol. The van der Waals surface area contributed by atoms with E-state index in [0.717, 1.165) is 6.04 Å². The number of hydrogen-bond donors (Lipinski definition) is 6. The predicted octanol–water partition coefficient (Wildman–Crippen LogP) is 0.281. The predicted molar refractivity (Wildman–Crippen MR) is 300 cm³/mol. The fraction of sp³-hybridized carbons (Fsp3) is 0.800. The van der Waals surface area contributed by atoms with Crippen molar-refractivity contribution in [2.45, 2.75) is 115 Å². The van der Waals surface area contributed by atoms with Gasteiger partial charge in [-0.25, -0.2) is 0 Å². The third-order valence-electron chi connectivity index (χ3n) is 12.9. The number of carbonyl (C=O) groups is 9.